The fourth-order valence-corrected chi connectivity index (χ4v) is 3.30. The predicted molar refractivity (Wildman–Crippen MR) is 94.9 cm³/mol. The molecule has 0 aliphatic carbocycles. The van der Waals surface area contributed by atoms with E-state index >= 15 is 0 Å². The van der Waals surface area contributed by atoms with Crippen LogP contribution in [-0.4, -0.2) is 87.5 Å². The van der Waals surface area contributed by atoms with E-state index in [1.54, 1.807) is 25.3 Å². The van der Waals surface area contributed by atoms with Crippen LogP contribution in [-0.2, 0) is 14.3 Å². The first kappa shape index (κ1) is 17.9. The Kier molecular flexibility index (Phi) is 5.10. The first-order valence-corrected chi connectivity index (χ1v) is 8.57. The van der Waals surface area contributed by atoms with Gasteiger partial charge in [-0.1, -0.05) is 0 Å². The number of nitrogens with zero attached hydrogens (tertiary/aromatic N) is 5. The van der Waals surface area contributed by atoms with Gasteiger partial charge in [0.25, 0.3) is 0 Å². The molecule has 1 unspecified atom stereocenters. The Morgan fingerprint density at radius 3 is 2.80 bits per heavy atom. The highest BCUT2D eigenvalue weighted by atomic mass is 16.5. The van der Waals surface area contributed by atoms with Crippen LogP contribution in [0.4, 0.5) is 11.6 Å². The van der Waals surface area contributed by atoms with Gasteiger partial charge in [-0.3, -0.25) is 4.79 Å². The molecule has 0 aromatic carbocycles. The maximum Gasteiger partial charge on any atom is 0.248 e. The van der Waals surface area contributed by atoms with Gasteiger partial charge in [-0.05, 0) is 6.42 Å². The zero-order valence-corrected chi connectivity index (χ0v) is 15.4. The van der Waals surface area contributed by atoms with Crippen molar-refractivity contribution >= 4 is 17.5 Å². The molecular weight excluding hydrogens is 322 g/mol. The van der Waals surface area contributed by atoms with Crippen LogP contribution in [0, 0.1) is 5.92 Å². The molecule has 1 amide bonds. The molecule has 8 nitrogen and oxygen atoms in total. The van der Waals surface area contributed by atoms with Crippen LogP contribution in [0.3, 0.4) is 0 Å². The summed E-state index contributed by atoms with van der Waals surface area (Å²) in [6.45, 7) is 3.02. The smallest absolute Gasteiger partial charge is 0.248 e. The summed E-state index contributed by atoms with van der Waals surface area (Å²) in [7, 11) is 7.40. The topological polar surface area (TPSA) is 71.0 Å². The summed E-state index contributed by atoms with van der Waals surface area (Å²) in [6, 6.07) is 1.99. The average Bonchev–Trinajstić information content (AvgIpc) is 2.97. The first-order chi connectivity index (χ1) is 11.9. The third-order valence-corrected chi connectivity index (χ3v) is 4.98. The van der Waals surface area contributed by atoms with Crippen molar-refractivity contribution in [1.82, 2.24) is 14.9 Å². The van der Waals surface area contributed by atoms with E-state index in [0.717, 1.165) is 37.8 Å². The molecule has 2 aliphatic heterocycles. The van der Waals surface area contributed by atoms with Crippen LogP contribution < -0.4 is 9.80 Å². The zero-order valence-electron chi connectivity index (χ0n) is 15.4. The van der Waals surface area contributed by atoms with Crippen LogP contribution in [0.2, 0.25) is 0 Å². The molecule has 1 atom stereocenters. The molecule has 0 saturated carbocycles. The Hall–Kier alpha value is -1.93. The van der Waals surface area contributed by atoms with Crippen molar-refractivity contribution in [2.45, 2.75) is 12.0 Å². The molecule has 25 heavy (non-hydrogen) atoms. The summed E-state index contributed by atoms with van der Waals surface area (Å²) >= 11 is 0. The van der Waals surface area contributed by atoms with Gasteiger partial charge in [-0.25, -0.2) is 9.97 Å². The Balaban J connectivity index is 1.55. The van der Waals surface area contributed by atoms with Gasteiger partial charge in [0.15, 0.2) is 0 Å². The number of carbonyl (C=O) groups excluding carboxylic acids is 1. The van der Waals surface area contributed by atoms with E-state index in [1.165, 1.54) is 0 Å². The summed E-state index contributed by atoms with van der Waals surface area (Å²) in [5.74, 6) is 2.11. The van der Waals surface area contributed by atoms with Crippen LogP contribution in [0.15, 0.2) is 12.4 Å². The molecule has 138 valence electrons. The SMILES string of the molecule is CN(C)C(=O)COCC1CCOC12CN(c1cc(N(C)C)ncn1)C2. The van der Waals surface area contributed by atoms with E-state index in [0.29, 0.717) is 12.5 Å². The molecule has 2 fully saturated rings. The van der Waals surface area contributed by atoms with Crippen molar-refractivity contribution in [2.24, 2.45) is 5.92 Å². The molecule has 1 aromatic heterocycles. The summed E-state index contributed by atoms with van der Waals surface area (Å²) in [4.78, 5) is 26.0. The molecule has 1 spiro atoms. The fraction of sp³-hybridized carbons (Fsp3) is 0.706. The first-order valence-electron chi connectivity index (χ1n) is 8.57. The molecule has 0 N–H and O–H groups in total. The van der Waals surface area contributed by atoms with Gasteiger partial charge in [-0.2, -0.15) is 0 Å². The van der Waals surface area contributed by atoms with E-state index in [2.05, 4.69) is 14.9 Å². The van der Waals surface area contributed by atoms with Gasteiger partial charge in [0.1, 0.15) is 30.2 Å². The van der Waals surface area contributed by atoms with Gasteiger partial charge in [0.2, 0.25) is 5.91 Å². The second-order valence-corrected chi connectivity index (χ2v) is 7.19. The van der Waals surface area contributed by atoms with Crippen molar-refractivity contribution in [1.29, 1.82) is 0 Å². The van der Waals surface area contributed by atoms with Gasteiger partial charge >= 0.3 is 0 Å². The molecule has 3 rings (SSSR count). The number of ether oxygens (including phenoxy) is 2. The molecule has 2 aliphatic rings. The second-order valence-electron chi connectivity index (χ2n) is 7.19. The zero-order chi connectivity index (χ0) is 18.0. The van der Waals surface area contributed by atoms with Crippen LogP contribution in [0.1, 0.15) is 6.42 Å². The number of likely N-dealkylation sites (N-methyl/N-ethyl adjacent to an activating group) is 1. The van der Waals surface area contributed by atoms with Gasteiger partial charge < -0.3 is 24.2 Å². The Labute approximate surface area is 148 Å². The Morgan fingerprint density at radius 1 is 1.36 bits per heavy atom. The van der Waals surface area contributed by atoms with E-state index in [9.17, 15) is 4.79 Å². The third kappa shape index (κ3) is 3.69. The summed E-state index contributed by atoms with van der Waals surface area (Å²) in [5, 5.41) is 0. The molecule has 3 heterocycles. The fourth-order valence-electron chi connectivity index (χ4n) is 3.30. The van der Waals surface area contributed by atoms with E-state index in [-0.39, 0.29) is 18.1 Å². The van der Waals surface area contributed by atoms with E-state index in [4.69, 9.17) is 9.47 Å². The highest BCUT2D eigenvalue weighted by Crippen LogP contribution is 2.41. The highest BCUT2D eigenvalue weighted by Gasteiger charge is 2.53. The van der Waals surface area contributed by atoms with Crippen molar-refractivity contribution in [2.75, 3.05) is 70.9 Å². The minimum atomic E-state index is -0.176. The highest BCUT2D eigenvalue weighted by molar-refractivity contribution is 5.76. The van der Waals surface area contributed by atoms with Crippen molar-refractivity contribution in [3.05, 3.63) is 12.4 Å². The average molecular weight is 349 g/mol. The molecule has 0 radical (unpaired) electrons. The van der Waals surface area contributed by atoms with E-state index < -0.39 is 0 Å². The maximum absolute atomic E-state index is 11.6. The van der Waals surface area contributed by atoms with Crippen LogP contribution in [0.5, 0.6) is 0 Å². The lowest BCUT2D eigenvalue weighted by atomic mass is 9.81. The number of carbonyl (C=O) groups is 1. The van der Waals surface area contributed by atoms with Crippen molar-refractivity contribution in [3.63, 3.8) is 0 Å². The normalized spacial score (nSPS) is 21.3. The summed E-state index contributed by atoms with van der Waals surface area (Å²) in [6.07, 6.45) is 2.56. The molecular formula is C17H27N5O3. The molecule has 2 saturated heterocycles. The maximum atomic E-state index is 11.6. The number of amides is 1. The predicted octanol–water partition coefficient (Wildman–Crippen LogP) is 0.243. The largest absolute Gasteiger partial charge is 0.371 e. The summed E-state index contributed by atoms with van der Waals surface area (Å²) < 4.78 is 11.7. The second kappa shape index (κ2) is 7.13. The lowest BCUT2D eigenvalue weighted by Crippen LogP contribution is -2.65. The minimum absolute atomic E-state index is 0.0135. The van der Waals surface area contributed by atoms with Crippen LogP contribution >= 0.6 is 0 Å². The van der Waals surface area contributed by atoms with Gasteiger partial charge in [-0.15, -0.1) is 0 Å². The van der Waals surface area contributed by atoms with Gasteiger partial charge in [0, 0.05) is 46.8 Å². The number of aromatic nitrogens is 2. The van der Waals surface area contributed by atoms with E-state index in [1.807, 2.05) is 25.1 Å². The van der Waals surface area contributed by atoms with Gasteiger partial charge in [0.05, 0.1) is 19.7 Å². The summed E-state index contributed by atoms with van der Waals surface area (Å²) in [5.41, 5.74) is -0.176. The standard InChI is InChI=1S/C17H27N5O3/c1-20(2)14-7-15(19-12-18-14)22-10-17(11-22)13(5-6-25-17)8-24-9-16(23)21(3)4/h7,12-13H,5-6,8-11H2,1-4H3. The Morgan fingerprint density at radius 2 is 2.12 bits per heavy atom. The quantitative estimate of drug-likeness (QED) is 0.729. The number of anilines is 2. The van der Waals surface area contributed by atoms with Crippen molar-refractivity contribution < 1.29 is 14.3 Å². The monoisotopic (exact) mass is 349 g/mol. The Bertz CT molecular complexity index is 616. The molecule has 0 bridgehead atoms. The minimum Gasteiger partial charge on any atom is -0.371 e. The van der Waals surface area contributed by atoms with Crippen LogP contribution in [0.25, 0.3) is 0 Å². The molecule has 8 heteroatoms. The number of rotatable bonds is 6. The molecule has 1 aromatic rings. The van der Waals surface area contributed by atoms with Crippen molar-refractivity contribution in [3.8, 4) is 0 Å². The lowest BCUT2D eigenvalue weighted by Gasteiger charge is -2.50. The number of hydrogen-bond acceptors (Lipinski definition) is 7. The third-order valence-electron chi connectivity index (χ3n) is 4.98. The number of hydrogen-bond donors (Lipinski definition) is 0. The lowest BCUT2D eigenvalue weighted by molar-refractivity contribution is -0.135.